The van der Waals surface area contributed by atoms with E-state index in [4.69, 9.17) is 5.73 Å². The Kier molecular flexibility index (Phi) is 5.14. The van der Waals surface area contributed by atoms with Crippen molar-refractivity contribution in [3.05, 3.63) is 33.9 Å². The van der Waals surface area contributed by atoms with Crippen molar-refractivity contribution >= 4 is 11.4 Å². The van der Waals surface area contributed by atoms with Crippen molar-refractivity contribution in [3.8, 4) is 0 Å². The molecule has 0 aliphatic carbocycles. The molecule has 1 aliphatic heterocycles. The minimum atomic E-state index is -0.418. The molecule has 0 radical (unpaired) electrons. The van der Waals surface area contributed by atoms with E-state index in [1.54, 1.807) is 12.1 Å². The van der Waals surface area contributed by atoms with Crippen LogP contribution in [0.15, 0.2) is 18.2 Å². The highest BCUT2D eigenvalue weighted by Crippen LogP contribution is 2.24. The summed E-state index contributed by atoms with van der Waals surface area (Å²) in [6, 6.07) is 5.64. The van der Waals surface area contributed by atoms with Crippen molar-refractivity contribution in [1.82, 2.24) is 9.80 Å². The van der Waals surface area contributed by atoms with Crippen LogP contribution in [0.4, 0.5) is 11.4 Å². The van der Waals surface area contributed by atoms with Crippen LogP contribution in [0, 0.1) is 10.1 Å². The molecule has 1 fully saturated rings. The van der Waals surface area contributed by atoms with Gasteiger partial charge >= 0.3 is 0 Å². The summed E-state index contributed by atoms with van der Waals surface area (Å²) in [5.41, 5.74) is 6.80. The van der Waals surface area contributed by atoms with Gasteiger partial charge in [0.25, 0.3) is 5.69 Å². The van der Waals surface area contributed by atoms with Crippen molar-refractivity contribution in [2.45, 2.75) is 32.4 Å². The zero-order valence-electron chi connectivity index (χ0n) is 12.8. The first-order chi connectivity index (χ1) is 10.0. The van der Waals surface area contributed by atoms with E-state index in [-0.39, 0.29) is 11.4 Å². The van der Waals surface area contributed by atoms with Gasteiger partial charge in [-0.2, -0.15) is 0 Å². The first-order valence-electron chi connectivity index (χ1n) is 7.46. The number of nitrogens with two attached hydrogens (primary N) is 1. The number of nitro benzene ring substituents is 1. The van der Waals surface area contributed by atoms with Gasteiger partial charge in [0.15, 0.2) is 0 Å². The Morgan fingerprint density at radius 3 is 2.67 bits per heavy atom. The third kappa shape index (κ3) is 3.92. The van der Waals surface area contributed by atoms with Crippen molar-refractivity contribution in [2.75, 3.05) is 32.4 Å². The molecule has 116 valence electrons. The molecule has 1 aliphatic rings. The second kappa shape index (κ2) is 6.87. The Bertz CT molecular complexity index is 498. The normalized spacial score (nSPS) is 17.3. The number of piperidine rings is 1. The van der Waals surface area contributed by atoms with Crippen LogP contribution in [0.2, 0.25) is 0 Å². The van der Waals surface area contributed by atoms with Crippen molar-refractivity contribution in [1.29, 1.82) is 0 Å². The zero-order chi connectivity index (χ0) is 15.4. The Labute approximate surface area is 125 Å². The fraction of sp³-hybridized carbons (Fsp3) is 0.600. The number of hydrogen-bond donors (Lipinski definition) is 1. The molecule has 1 heterocycles. The topological polar surface area (TPSA) is 75.6 Å². The Morgan fingerprint density at radius 1 is 1.43 bits per heavy atom. The zero-order valence-corrected chi connectivity index (χ0v) is 12.8. The number of rotatable bonds is 5. The fourth-order valence-corrected chi connectivity index (χ4v) is 2.94. The maximum Gasteiger partial charge on any atom is 0.292 e. The van der Waals surface area contributed by atoms with Crippen LogP contribution in [0.25, 0.3) is 0 Å². The van der Waals surface area contributed by atoms with E-state index in [0.29, 0.717) is 6.04 Å². The van der Waals surface area contributed by atoms with Crippen LogP contribution in [-0.2, 0) is 6.54 Å². The lowest BCUT2D eigenvalue weighted by Crippen LogP contribution is -2.42. The SMILES string of the molecule is CCN1CCC(N(C)Cc2ccc(N)c([N+](=O)[O-])c2)CC1. The number of anilines is 1. The molecule has 6 nitrogen and oxygen atoms in total. The molecule has 0 bridgehead atoms. The average molecular weight is 292 g/mol. The van der Waals surface area contributed by atoms with Crippen molar-refractivity contribution in [3.63, 3.8) is 0 Å². The molecule has 0 unspecified atom stereocenters. The smallest absolute Gasteiger partial charge is 0.292 e. The van der Waals surface area contributed by atoms with Crippen LogP contribution in [0.3, 0.4) is 0 Å². The predicted molar refractivity (Wildman–Crippen MR) is 84.1 cm³/mol. The highest BCUT2D eigenvalue weighted by molar-refractivity contribution is 5.59. The number of benzene rings is 1. The molecule has 1 saturated heterocycles. The van der Waals surface area contributed by atoms with E-state index in [1.165, 1.54) is 0 Å². The van der Waals surface area contributed by atoms with Gasteiger partial charge in [-0.1, -0.05) is 13.0 Å². The third-order valence-corrected chi connectivity index (χ3v) is 4.35. The van der Waals surface area contributed by atoms with E-state index in [0.717, 1.165) is 44.6 Å². The molecule has 1 aromatic rings. The molecule has 0 amide bonds. The molecule has 6 heteroatoms. The summed E-state index contributed by atoms with van der Waals surface area (Å²) in [6.45, 7) is 6.29. The number of nitro groups is 1. The maximum absolute atomic E-state index is 10.9. The van der Waals surface area contributed by atoms with Crippen LogP contribution in [0.5, 0.6) is 0 Å². The van der Waals surface area contributed by atoms with Gasteiger partial charge in [-0.25, -0.2) is 0 Å². The lowest BCUT2D eigenvalue weighted by atomic mass is 10.0. The quantitative estimate of drug-likeness (QED) is 0.511. The number of nitrogen functional groups attached to an aromatic ring is 1. The Hall–Kier alpha value is -1.66. The van der Waals surface area contributed by atoms with Gasteiger partial charge in [0, 0.05) is 18.7 Å². The fourth-order valence-electron chi connectivity index (χ4n) is 2.94. The van der Waals surface area contributed by atoms with Gasteiger partial charge in [0.2, 0.25) is 0 Å². The van der Waals surface area contributed by atoms with Gasteiger partial charge < -0.3 is 10.6 Å². The van der Waals surface area contributed by atoms with E-state index in [2.05, 4.69) is 23.8 Å². The molecular weight excluding hydrogens is 268 g/mol. The lowest BCUT2D eigenvalue weighted by Gasteiger charge is -2.36. The highest BCUT2D eigenvalue weighted by atomic mass is 16.6. The maximum atomic E-state index is 10.9. The first-order valence-corrected chi connectivity index (χ1v) is 7.46. The van der Waals surface area contributed by atoms with Crippen LogP contribution >= 0.6 is 0 Å². The molecule has 2 rings (SSSR count). The van der Waals surface area contributed by atoms with E-state index in [9.17, 15) is 10.1 Å². The molecule has 0 atom stereocenters. The standard InChI is InChI=1S/C15H24N4O2/c1-3-18-8-6-13(7-9-18)17(2)11-12-4-5-14(16)15(10-12)19(20)21/h4-5,10,13H,3,6-9,11,16H2,1-2H3. The average Bonchev–Trinajstić information content (AvgIpc) is 2.49. The number of hydrogen-bond acceptors (Lipinski definition) is 5. The summed E-state index contributed by atoms with van der Waals surface area (Å²) in [5.74, 6) is 0. The molecule has 0 aromatic heterocycles. The van der Waals surface area contributed by atoms with Gasteiger partial charge in [0.05, 0.1) is 4.92 Å². The molecule has 21 heavy (non-hydrogen) atoms. The number of nitrogens with zero attached hydrogens (tertiary/aromatic N) is 3. The molecule has 0 saturated carbocycles. The molecule has 0 spiro atoms. The third-order valence-electron chi connectivity index (χ3n) is 4.35. The summed E-state index contributed by atoms with van der Waals surface area (Å²) in [7, 11) is 2.09. The Balaban J connectivity index is 1.98. The predicted octanol–water partition coefficient (Wildman–Crippen LogP) is 2.09. The summed E-state index contributed by atoms with van der Waals surface area (Å²) in [6.07, 6.45) is 2.31. The highest BCUT2D eigenvalue weighted by Gasteiger charge is 2.22. The van der Waals surface area contributed by atoms with Crippen molar-refractivity contribution < 1.29 is 4.92 Å². The summed E-state index contributed by atoms with van der Waals surface area (Å²) in [5, 5.41) is 10.9. The largest absolute Gasteiger partial charge is 0.393 e. The van der Waals surface area contributed by atoms with Crippen LogP contribution in [-0.4, -0.2) is 47.4 Å². The van der Waals surface area contributed by atoms with Crippen LogP contribution < -0.4 is 5.73 Å². The monoisotopic (exact) mass is 292 g/mol. The van der Waals surface area contributed by atoms with Crippen LogP contribution in [0.1, 0.15) is 25.3 Å². The summed E-state index contributed by atoms with van der Waals surface area (Å²) < 4.78 is 0. The second-order valence-electron chi connectivity index (χ2n) is 5.73. The summed E-state index contributed by atoms with van der Waals surface area (Å²) in [4.78, 5) is 15.3. The number of likely N-dealkylation sites (tertiary alicyclic amines) is 1. The lowest BCUT2D eigenvalue weighted by molar-refractivity contribution is -0.384. The Morgan fingerprint density at radius 2 is 2.10 bits per heavy atom. The van der Waals surface area contributed by atoms with E-state index >= 15 is 0 Å². The van der Waals surface area contributed by atoms with E-state index in [1.807, 2.05) is 6.07 Å². The molecular formula is C15H24N4O2. The minimum absolute atomic E-state index is 0.00158. The van der Waals surface area contributed by atoms with Gasteiger partial charge in [-0.05, 0) is 51.2 Å². The summed E-state index contributed by atoms with van der Waals surface area (Å²) >= 11 is 0. The minimum Gasteiger partial charge on any atom is -0.393 e. The molecule has 1 aromatic carbocycles. The van der Waals surface area contributed by atoms with Gasteiger partial charge in [-0.15, -0.1) is 0 Å². The first kappa shape index (κ1) is 15.7. The van der Waals surface area contributed by atoms with Crippen molar-refractivity contribution in [2.24, 2.45) is 0 Å². The molecule has 2 N–H and O–H groups in total. The van der Waals surface area contributed by atoms with Gasteiger partial charge in [-0.3, -0.25) is 15.0 Å². The van der Waals surface area contributed by atoms with E-state index < -0.39 is 4.92 Å². The van der Waals surface area contributed by atoms with Gasteiger partial charge in [0.1, 0.15) is 5.69 Å². The second-order valence-corrected chi connectivity index (χ2v) is 5.73.